The maximum Gasteiger partial charge on any atom is 0.356 e. The van der Waals surface area contributed by atoms with E-state index < -0.39 is 5.97 Å². The lowest BCUT2D eigenvalue weighted by Gasteiger charge is -2.16. The van der Waals surface area contributed by atoms with Gasteiger partial charge < -0.3 is 10.4 Å². The van der Waals surface area contributed by atoms with Crippen LogP contribution in [0.5, 0.6) is 0 Å². The molecule has 0 aliphatic rings. The molecule has 0 spiro atoms. The number of carboxylic acids is 1. The van der Waals surface area contributed by atoms with Crippen molar-refractivity contribution in [2.75, 3.05) is 5.32 Å². The first kappa shape index (κ1) is 13.5. The smallest absolute Gasteiger partial charge is 0.356 e. The van der Waals surface area contributed by atoms with Crippen molar-refractivity contribution in [2.24, 2.45) is 0 Å². The van der Waals surface area contributed by atoms with E-state index in [1.54, 1.807) is 12.1 Å². The van der Waals surface area contributed by atoms with Crippen molar-refractivity contribution in [1.82, 2.24) is 4.98 Å². The van der Waals surface area contributed by atoms with Crippen molar-refractivity contribution >= 4 is 11.7 Å². The van der Waals surface area contributed by atoms with Gasteiger partial charge in [-0.3, -0.25) is 0 Å². The fourth-order valence-corrected chi connectivity index (χ4v) is 1.73. The number of hydrogen-bond donors (Lipinski definition) is 2. The molecule has 0 aliphatic heterocycles. The summed E-state index contributed by atoms with van der Waals surface area (Å²) in [6.07, 6.45) is 6.11. The molecule has 4 heteroatoms. The molecule has 17 heavy (non-hydrogen) atoms. The Bertz CT molecular complexity index is 366. The Balaban J connectivity index is 2.58. The number of aromatic carboxylic acids is 1. The second-order valence-corrected chi connectivity index (χ2v) is 4.25. The summed E-state index contributed by atoms with van der Waals surface area (Å²) in [5, 5.41) is 12.2. The average Bonchev–Trinajstić information content (AvgIpc) is 2.29. The zero-order chi connectivity index (χ0) is 12.7. The molecule has 0 bridgehead atoms. The minimum Gasteiger partial charge on any atom is -0.476 e. The molecule has 1 rings (SSSR count). The first-order valence-corrected chi connectivity index (χ1v) is 6.10. The summed E-state index contributed by atoms with van der Waals surface area (Å²) < 4.78 is 0. The molecule has 0 aliphatic carbocycles. The van der Waals surface area contributed by atoms with Crippen LogP contribution >= 0.6 is 0 Å². The van der Waals surface area contributed by atoms with Crippen LogP contribution in [0.25, 0.3) is 0 Å². The molecular weight excluding hydrogens is 216 g/mol. The summed E-state index contributed by atoms with van der Waals surface area (Å²) >= 11 is 0. The fourth-order valence-electron chi connectivity index (χ4n) is 1.73. The largest absolute Gasteiger partial charge is 0.476 e. The van der Waals surface area contributed by atoms with Gasteiger partial charge in [-0.25, -0.2) is 9.78 Å². The van der Waals surface area contributed by atoms with Gasteiger partial charge in [0.2, 0.25) is 0 Å². The maximum absolute atomic E-state index is 11.0. The molecule has 0 radical (unpaired) electrons. The quantitative estimate of drug-likeness (QED) is 0.714. The van der Waals surface area contributed by atoms with Crippen LogP contribution in [0.1, 0.15) is 50.0 Å². The second kappa shape index (κ2) is 6.89. The molecule has 0 saturated carbocycles. The number of carboxylic acid groups (broad SMARTS) is 1. The van der Waals surface area contributed by atoms with E-state index in [0.717, 1.165) is 12.8 Å². The predicted octanol–water partition coefficient (Wildman–Crippen LogP) is 3.16. The molecule has 4 nitrogen and oxygen atoms in total. The van der Waals surface area contributed by atoms with E-state index in [2.05, 4.69) is 24.1 Å². The van der Waals surface area contributed by atoms with Crippen LogP contribution < -0.4 is 5.32 Å². The molecule has 1 aromatic heterocycles. The van der Waals surface area contributed by atoms with Crippen LogP contribution in [-0.4, -0.2) is 22.1 Å². The molecule has 0 aromatic carbocycles. The number of unbranched alkanes of at least 4 members (excludes halogenated alkanes) is 2. The molecule has 0 saturated heterocycles. The Morgan fingerprint density at radius 2 is 2.29 bits per heavy atom. The van der Waals surface area contributed by atoms with Crippen LogP contribution in [0.4, 0.5) is 5.69 Å². The lowest BCUT2D eigenvalue weighted by molar-refractivity contribution is 0.0691. The van der Waals surface area contributed by atoms with Gasteiger partial charge in [0.05, 0.1) is 5.69 Å². The number of aromatic nitrogens is 1. The molecule has 1 aromatic rings. The van der Waals surface area contributed by atoms with Crippen LogP contribution in [0.2, 0.25) is 0 Å². The monoisotopic (exact) mass is 236 g/mol. The minimum absolute atomic E-state index is 0.0924. The number of carbonyl (C=O) groups is 1. The van der Waals surface area contributed by atoms with Crippen LogP contribution in [-0.2, 0) is 0 Å². The van der Waals surface area contributed by atoms with Crippen LogP contribution in [0.15, 0.2) is 18.3 Å². The summed E-state index contributed by atoms with van der Waals surface area (Å²) in [7, 11) is 0. The van der Waals surface area contributed by atoms with Crippen molar-refractivity contribution in [1.29, 1.82) is 0 Å². The van der Waals surface area contributed by atoms with E-state index in [0.29, 0.717) is 5.69 Å². The lowest BCUT2D eigenvalue weighted by Crippen LogP contribution is -2.17. The van der Waals surface area contributed by atoms with Crippen molar-refractivity contribution in [3.05, 3.63) is 24.0 Å². The van der Waals surface area contributed by atoms with E-state index in [1.807, 2.05) is 0 Å². The van der Waals surface area contributed by atoms with E-state index in [4.69, 9.17) is 5.11 Å². The van der Waals surface area contributed by atoms with Gasteiger partial charge in [-0.15, -0.1) is 0 Å². The molecule has 1 atom stereocenters. The highest BCUT2D eigenvalue weighted by molar-refractivity contribution is 5.91. The SMILES string of the molecule is CCCCCC(C)Nc1cccnc1C(=O)O. The van der Waals surface area contributed by atoms with E-state index in [9.17, 15) is 4.79 Å². The van der Waals surface area contributed by atoms with Crippen molar-refractivity contribution < 1.29 is 9.90 Å². The van der Waals surface area contributed by atoms with E-state index >= 15 is 0 Å². The summed E-state index contributed by atoms with van der Waals surface area (Å²) in [5.41, 5.74) is 0.693. The molecule has 2 N–H and O–H groups in total. The molecule has 1 heterocycles. The molecule has 1 unspecified atom stereocenters. The number of pyridine rings is 1. The fraction of sp³-hybridized carbons (Fsp3) is 0.538. The third-order valence-corrected chi connectivity index (χ3v) is 2.65. The number of nitrogens with zero attached hydrogens (tertiary/aromatic N) is 1. The van der Waals surface area contributed by atoms with Gasteiger partial charge >= 0.3 is 5.97 Å². The van der Waals surface area contributed by atoms with E-state index in [-0.39, 0.29) is 11.7 Å². The third-order valence-electron chi connectivity index (χ3n) is 2.65. The Hall–Kier alpha value is -1.58. The van der Waals surface area contributed by atoms with E-state index in [1.165, 1.54) is 19.0 Å². The Morgan fingerprint density at radius 3 is 2.94 bits per heavy atom. The molecule has 0 fully saturated rings. The van der Waals surface area contributed by atoms with Gasteiger partial charge in [-0.05, 0) is 25.5 Å². The van der Waals surface area contributed by atoms with Crippen molar-refractivity contribution in [2.45, 2.75) is 45.6 Å². The summed E-state index contributed by atoms with van der Waals surface area (Å²) in [5.74, 6) is -0.992. The summed E-state index contributed by atoms with van der Waals surface area (Å²) in [4.78, 5) is 14.8. The van der Waals surface area contributed by atoms with Crippen LogP contribution in [0, 0.1) is 0 Å². The first-order chi connectivity index (χ1) is 8.15. The van der Waals surface area contributed by atoms with Gasteiger partial charge in [0.25, 0.3) is 0 Å². The number of rotatable bonds is 7. The topological polar surface area (TPSA) is 62.2 Å². The van der Waals surface area contributed by atoms with Gasteiger partial charge in [-0.2, -0.15) is 0 Å². The standard InChI is InChI=1S/C13H20N2O2/c1-3-4-5-7-10(2)15-11-8-6-9-14-12(11)13(16)17/h6,8-10,15H,3-5,7H2,1-2H3,(H,16,17). The summed E-state index contributed by atoms with van der Waals surface area (Å²) in [6, 6.07) is 3.77. The normalized spacial score (nSPS) is 12.1. The van der Waals surface area contributed by atoms with Gasteiger partial charge in [0.1, 0.15) is 0 Å². The Morgan fingerprint density at radius 1 is 1.53 bits per heavy atom. The number of nitrogens with one attached hydrogen (secondary N) is 1. The number of hydrogen-bond acceptors (Lipinski definition) is 3. The predicted molar refractivity (Wildman–Crippen MR) is 68.4 cm³/mol. The lowest BCUT2D eigenvalue weighted by atomic mass is 10.1. The second-order valence-electron chi connectivity index (χ2n) is 4.25. The van der Waals surface area contributed by atoms with Gasteiger partial charge in [0, 0.05) is 12.2 Å². The minimum atomic E-state index is -0.992. The third kappa shape index (κ3) is 4.43. The molecular formula is C13H20N2O2. The highest BCUT2D eigenvalue weighted by Gasteiger charge is 2.12. The van der Waals surface area contributed by atoms with Gasteiger partial charge in [0.15, 0.2) is 5.69 Å². The number of anilines is 1. The molecule has 94 valence electrons. The summed E-state index contributed by atoms with van der Waals surface area (Å²) in [6.45, 7) is 4.23. The van der Waals surface area contributed by atoms with Crippen LogP contribution in [0.3, 0.4) is 0 Å². The average molecular weight is 236 g/mol. The highest BCUT2D eigenvalue weighted by Crippen LogP contribution is 2.15. The Kier molecular flexibility index (Phi) is 5.46. The zero-order valence-electron chi connectivity index (χ0n) is 10.4. The highest BCUT2D eigenvalue weighted by atomic mass is 16.4. The maximum atomic E-state index is 11.0. The van der Waals surface area contributed by atoms with Gasteiger partial charge in [-0.1, -0.05) is 26.2 Å². The van der Waals surface area contributed by atoms with Crippen molar-refractivity contribution in [3.63, 3.8) is 0 Å². The zero-order valence-corrected chi connectivity index (χ0v) is 10.4. The Labute approximate surface area is 102 Å². The molecule has 0 amide bonds. The van der Waals surface area contributed by atoms with Crippen molar-refractivity contribution in [3.8, 4) is 0 Å². The first-order valence-electron chi connectivity index (χ1n) is 6.10.